The van der Waals surface area contributed by atoms with Crippen molar-refractivity contribution in [1.82, 2.24) is 25.3 Å². The molecule has 7 atom stereocenters. The van der Waals surface area contributed by atoms with Crippen LogP contribution in [0, 0.1) is 5.92 Å². The Bertz CT molecular complexity index is 1700. The number of fused-ring (bicyclic) bond motifs is 1. The summed E-state index contributed by atoms with van der Waals surface area (Å²) in [6.45, 7) is 13.3. The Hall–Kier alpha value is -5.20. The van der Waals surface area contributed by atoms with E-state index in [2.05, 4.69) is 17.2 Å². The van der Waals surface area contributed by atoms with Crippen molar-refractivity contribution in [3.63, 3.8) is 0 Å². The van der Waals surface area contributed by atoms with E-state index in [-0.39, 0.29) is 25.3 Å². The lowest BCUT2D eigenvalue weighted by molar-refractivity contribution is -0.166. The zero-order valence-corrected chi connectivity index (χ0v) is 33.2. The molecule has 2 saturated heterocycles. The highest BCUT2D eigenvalue weighted by atomic mass is 16.6. The van der Waals surface area contributed by atoms with Gasteiger partial charge in [0.25, 0.3) is 5.91 Å². The predicted molar refractivity (Wildman–Crippen MR) is 208 cm³/mol. The summed E-state index contributed by atoms with van der Waals surface area (Å²) in [4.78, 5) is 88.1. The lowest BCUT2D eigenvalue weighted by Gasteiger charge is -2.36. The number of amides is 5. The second kappa shape index (κ2) is 19.4. The maximum atomic E-state index is 14.4. The summed E-state index contributed by atoms with van der Waals surface area (Å²) in [5, 5.41) is 5.67. The second-order valence-electron chi connectivity index (χ2n) is 14.9. The Morgan fingerprint density at radius 2 is 1.53 bits per heavy atom. The zero-order valence-electron chi connectivity index (χ0n) is 33.2. The first-order chi connectivity index (χ1) is 26.1. The summed E-state index contributed by atoms with van der Waals surface area (Å²) in [5.74, 6) is -3.18. The molecule has 0 bridgehead atoms. The van der Waals surface area contributed by atoms with Gasteiger partial charge >= 0.3 is 5.97 Å². The van der Waals surface area contributed by atoms with Gasteiger partial charge in [-0.15, -0.1) is 6.58 Å². The van der Waals surface area contributed by atoms with Crippen LogP contribution in [0.3, 0.4) is 0 Å². The number of benzene rings is 2. The van der Waals surface area contributed by atoms with Crippen LogP contribution >= 0.6 is 0 Å². The molecule has 0 radical (unpaired) electrons. The second-order valence-corrected chi connectivity index (χ2v) is 14.9. The third kappa shape index (κ3) is 10.9. The number of carbonyl (C=O) groups excluding carboxylic acids is 6. The van der Waals surface area contributed by atoms with Crippen molar-refractivity contribution < 1.29 is 38.2 Å². The highest BCUT2D eigenvalue weighted by molar-refractivity contribution is 5.97. The van der Waals surface area contributed by atoms with Gasteiger partial charge in [0.1, 0.15) is 36.0 Å². The van der Waals surface area contributed by atoms with E-state index in [1.807, 2.05) is 51.1 Å². The highest BCUT2D eigenvalue weighted by Crippen LogP contribution is 2.23. The molecule has 0 spiro atoms. The molecule has 0 aliphatic carbocycles. The van der Waals surface area contributed by atoms with Crippen LogP contribution in [-0.2, 0) is 46.3 Å². The first-order valence-corrected chi connectivity index (χ1v) is 19.2. The topological polar surface area (TPSA) is 155 Å². The molecular formula is C42H57N5O8. The first-order valence-electron chi connectivity index (χ1n) is 19.2. The molecule has 2 aliphatic rings. The number of likely N-dealkylation sites (N-methyl/N-ethyl adjacent to an activating group) is 2. The molecule has 2 aromatic carbocycles. The van der Waals surface area contributed by atoms with Crippen LogP contribution in [0.25, 0.3) is 0 Å². The molecule has 0 aromatic heterocycles. The van der Waals surface area contributed by atoms with Gasteiger partial charge in [-0.3, -0.25) is 24.0 Å². The minimum Gasteiger partial charge on any atom is -0.493 e. The minimum absolute atomic E-state index is 0.0445. The van der Waals surface area contributed by atoms with Crippen LogP contribution in [0.5, 0.6) is 5.75 Å². The van der Waals surface area contributed by atoms with Crippen molar-refractivity contribution >= 4 is 35.5 Å². The monoisotopic (exact) mass is 759 g/mol. The Balaban J connectivity index is 1.72. The molecule has 0 saturated carbocycles. The van der Waals surface area contributed by atoms with Crippen molar-refractivity contribution in [2.45, 2.75) is 109 Å². The smallest absolute Gasteiger partial charge is 0.329 e. The third-order valence-electron chi connectivity index (χ3n) is 10.6. The Morgan fingerprint density at radius 1 is 0.873 bits per heavy atom. The van der Waals surface area contributed by atoms with Crippen molar-refractivity contribution in [3.8, 4) is 5.75 Å². The van der Waals surface area contributed by atoms with Crippen molar-refractivity contribution in [2.24, 2.45) is 5.92 Å². The van der Waals surface area contributed by atoms with Crippen LogP contribution < -0.4 is 15.4 Å². The van der Waals surface area contributed by atoms with Gasteiger partial charge in [0.15, 0.2) is 6.10 Å². The largest absolute Gasteiger partial charge is 0.493 e. The number of rotatable bonds is 10. The lowest BCUT2D eigenvalue weighted by Crippen LogP contribution is -2.60. The molecule has 55 heavy (non-hydrogen) atoms. The van der Waals surface area contributed by atoms with Crippen LogP contribution in [-0.4, -0.2) is 114 Å². The van der Waals surface area contributed by atoms with Crippen LogP contribution in [0.2, 0.25) is 0 Å². The molecule has 0 unspecified atom stereocenters. The maximum absolute atomic E-state index is 14.4. The lowest BCUT2D eigenvalue weighted by atomic mass is 9.95. The Labute approximate surface area is 324 Å². The summed E-state index contributed by atoms with van der Waals surface area (Å²) in [6.07, 6.45) is 0.951. The van der Waals surface area contributed by atoms with Crippen molar-refractivity contribution in [3.05, 3.63) is 77.9 Å². The number of carbonyl (C=O) groups is 6. The fourth-order valence-electron chi connectivity index (χ4n) is 6.94. The normalized spacial score (nSPS) is 25.3. The van der Waals surface area contributed by atoms with Crippen molar-refractivity contribution in [1.29, 1.82) is 0 Å². The van der Waals surface area contributed by atoms with Crippen LogP contribution in [0.1, 0.15) is 71.4 Å². The molecule has 2 aromatic rings. The van der Waals surface area contributed by atoms with Crippen LogP contribution in [0.15, 0.2) is 66.7 Å². The number of hydrogen-bond acceptors (Lipinski definition) is 8. The quantitative estimate of drug-likeness (QED) is 0.276. The summed E-state index contributed by atoms with van der Waals surface area (Å²) in [5.41, 5.74) is 2.45. The number of nitrogens with one attached hydrogen (secondary N) is 2. The molecule has 5 amide bonds. The van der Waals surface area contributed by atoms with Crippen LogP contribution in [0.4, 0.5) is 0 Å². The predicted octanol–water partition coefficient (Wildman–Crippen LogP) is 3.44. The first kappa shape index (κ1) is 42.5. The average molecular weight is 760 g/mol. The van der Waals surface area contributed by atoms with E-state index in [9.17, 15) is 28.8 Å². The molecular weight excluding hydrogens is 702 g/mol. The molecule has 2 heterocycles. The Kier molecular flexibility index (Phi) is 15.0. The summed E-state index contributed by atoms with van der Waals surface area (Å²) in [6, 6.07) is 11.0. The minimum atomic E-state index is -1.29. The molecule has 2 aliphatic heterocycles. The van der Waals surface area contributed by atoms with E-state index in [4.69, 9.17) is 9.47 Å². The van der Waals surface area contributed by atoms with E-state index in [1.165, 1.54) is 42.6 Å². The fraction of sp³-hybridized carbons (Fsp3) is 0.524. The van der Waals surface area contributed by atoms with Gasteiger partial charge < -0.3 is 34.8 Å². The zero-order chi connectivity index (χ0) is 40.4. The van der Waals surface area contributed by atoms with Gasteiger partial charge in [-0.05, 0) is 62.8 Å². The standard InChI is InChI=1S/C42H57N5O8/c1-9-27(4)36-38(49)44-33(24-31-17-19-32(20-18-31)54-23-21-26(2)3)40(51)45(7)29(6)42(53)55-35(25-30-14-11-10-12-15-30)41(52)47-22-13-16-34(47)37(48)43-28(5)39(50)46(36)8/h10-12,14-15,17-20,27-29,33-36H,2,9,13,16,21-25H2,1,3-8H3,(H,43,48)(H,44,49)/t27-,28-,29-,33-,34-,35+,36-/m0/s1. The summed E-state index contributed by atoms with van der Waals surface area (Å²) < 4.78 is 11.7. The van der Waals surface area contributed by atoms with E-state index >= 15 is 0 Å². The SMILES string of the molecule is C=C(C)CCOc1ccc(C[C@@H]2NC(=O)[C@H]([C@@H](C)CC)N(C)C(=O)[C@H](C)NC(=O)[C@@H]3CCCN3C(=O)[C@@H](Cc3ccccc3)OC(=O)[C@H](C)N(C)C2=O)cc1. The molecule has 13 heteroatoms. The van der Waals surface area contributed by atoms with Gasteiger partial charge in [-0.2, -0.15) is 0 Å². The van der Waals surface area contributed by atoms with Crippen molar-refractivity contribution in [2.75, 3.05) is 27.2 Å². The number of cyclic esters (lactones) is 1. The summed E-state index contributed by atoms with van der Waals surface area (Å²) >= 11 is 0. The van der Waals surface area contributed by atoms with Gasteiger partial charge in [-0.25, -0.2) is 4.79 Å². The molecule has 13 nitrogen and oxygen atoms in total. The third-order valence-corrected chi connectivity index (χ3v) is 10.6. The summed E-state index contributed by atoms with van der Waals surface area (Å²) in [7, 11) is 2.95. The highest BCUT2D eigenvalue weighted by Gasteiger charge is 2.42. The number of nitrogens with zero attached hydrogens (tertiary/aromatic N) is 3. The molecule has 298 valence electrons. The maximum Gasteiger partial charge on any atom is 0.329 e. The average Bonchev–Trinajstić information content (AvgIpc) is 3.67. The van der Waals surface area contributed by atoms with E-state index in [0.29, 0.717) is 43.6 Å². The van der Waals surface area contributed by atoms with Gasteiger partial charge in [0, 0.05) is 39.9 Å². The molecule has 2 fully saturated rings. The van der Waals surface area contributed by atoms with E-state index in [0.717, 1.165) is 11.1 Å². The molecule has 4 rings (SSSR count). The van der Waals surface area contributed by atoms with E-state index in [1.54, 1.807) is 24.3 Å². The number of ether oxygens (including phenoxy) is 2. The molecule has 2 N–H and O–H groups in total. The number of hydrogen-bond donors (Lipinski definition) is 2. The van der Waals surface area contributed by atoms with Gasteiger partial charge in [0.2, 0.25) is 23.6 Å². The van der Waals surface area contributed by atoms with E-state index < -0.39 is 71.8 Å². The number of esters is 1. The fourth-order valence-corrected chi connectivity index (χ4v) is 6.94. The Morgan fingerprint density at radius 3 is 2.16 bits per heavy atom. The van der Waals surface area contributed by atoms with Gasteiger partial charge in [-0.1, -0.05) is 68.3 Å². The van der Waals surface area contributed by atoms with Gasteiger partial charge in [0.05, 0.1) is 6.61 Å².